The predicted octanol–water partition coefficient (Wildman–Crippen LogP) is 1.15. The molecule has 2 aliphatic rings. The van der Waals surface area contributed by atoms with Gasteiger partial charge < -0.3 is 25.0 Å². The number of aliphatic hydroxyl groups is 1. The first-order chi connectivity index (χ1) is 11.0. The van der Waals surface area contributed by atoms with Crippen molar-refractivity contribution in [2.75, 3.05) is 53.4 Å². The fourth-order valence-corrected chi connectivity index (χ4v) is 3.88. The third kappa shape index (κ3) is 6.85. The Bertz CT molecular complexity index is 385. The number of methoxy groups -OCH3 is 1. The smallest absolute Gasteiger partial charge is 0.254 e. The summed E-state index contributed by atoms with van der Waals surface area (Å²) in [6.45, 7) is 7.09. The first kappa shape index (κ1) is 24.9. The number of hydrogen-bond donors (Lipinski definition) is 2. The summed E-state index contributed by atoms with van der Waals surface area (Å²) in [5, 5.41) is 12.8. The number of hydrogen-bond acceptors (Lipinski definition) is 5. The monoisotopic (exact) mass is 399 g/mol. The Morgan fingerprint density at radius 1 is 1.32 bits per heavy atom. The van der Waals surface area contributed by atoms with E-state index in [4.69, 9.17) is 4.74 Å². The Balaban J connectivity index is 0.00000288. The molecule has 0 aromatic heterocycles. The van der Waals surface area contributed by atoms with Crippen molar-refractivity contribution in [2.24, 2.45) is 5.92 Å². The van der Waals surface area contributed by atoms with Gasteiger partial charge in [0, 0.05) is 27.2 Å². The highest BCUT2D eigenvalue weighted by Gasteiger charge is 2.41. The quantitative estimate of drug-likeness (QED) is 0.701. The zero-order valence-electron chi connectivity index (χ0n) is 15.7. The second kappa shape index (κ2) is 11.6. The van der Waals surface area contributed by atoms with Gasteiger partial charge in [-0.1, -0.05) is 0 Å². The van der Waals surface area contributed by atoms with Crippen molar-refractivity contribution >= 4 is 30.7 Å². The molecule has 0 aromatic carbocycles. The number of halogens is 2. The lowest BCUT2D eigenvalue weighted by atomic mass is 9.89. The largest absolute Gasteiger partial charge is 0.392 e. The summed E-state index contributed by atoms with van der Waals surface area (Å²) in [5.41, 5.74) is -0.632. The number of nitrogens with zero attached hydrogens (tertiary/aromatic N) is 2. The van der Waals surface area contributed by atoms with E-state index in [-0.39, 0.29) is 36.8 Å². The van der Waals surface area contributed by atoms with Gasteiger partial charge in [0.25, 0.3) is 5.91 Å². The topological polar surface area (TPSA) is 65.0 Å². The Kier molecular flexibility index (Phi) is 11.5. The number of aliphatic hydroxyl groups excluding tert-OH is 1. The Labute approximate surface area is 164 Å². The standard InChI is InChI=1S/C17H33N3O3.2ClH/c1-14(21)12-20-10-4-15(5-11-20)13-19(2)16(22)17(23-3)6-8-18-9-7-17;;/h14-15,18,21H,4-13H2,1-3H3;2*1H. The van der Waals surface area contributed by atoms with E-state index in [0.717, 1.165) is 65.0 Å². The van der Waals surface area contributed by atoms with Gasteiger partial charge >= 0.3 is 0 Å². The Morgan fingerprint density at radius 2 is 1.88 bits per heavy atom. The van der Waals surface area contributed by atoms with Gasteiger partial charge in [-0.2, -0.15) is 0 Å². The minimum atomic E-state index is -0.632. The van der Waals surface area contributed by atoms with Crippen molar-refractivity contribution in [1.29, 1.82) is 0 Å². The molecular formula is C17H35Cl2N3O3. The summed E-state index contributed by atoms with van der Waals surface area (Å²) >= 11 is 0. The lowest BCUT2D eigenvalue weighted by Gasteiger charge is -2.40. The highest BCUT2D eigenvalue weighted by atomic mass is 35.5. The molecule has 150 valence electrons. The Morgan fingerprint density at radius 3 is 2.36 bits per heavy atom. The molecule has 8 heteroatoms. The minimum Gasteiger partial charge on any atom is -0.392 e. The van der Waals surface area contributed by atoms with E-state index in [1.165, 1.54) is 0 Å². The third-order valence-corrected chi connectivity index (χ3v) is 5.30. The minimum absolute atomic E-state index is 0. The number of carbonyl (C=O) groups excluding carboxylic acids is 1. The van der Waals surface area contributed by atoms with Crippen molar-refractivity contribution in [3.63, 3.8) is 0 Å². The molecule has 2 fully saturated rings. The molecule has 0 spiro atoms. The molecule has 2 saturated heterocycles. The third-order valence-electron chi connectivity index (χ3n) is 5.30. The molecule has 0 radical (unpaired) electrons. The predicted molar refractivity (Wildman–Crippen MR) is 105 cm³/mol. The highest BCUT2D eigenvalue weighted by Crippen LogP contribution is 2.26. The van der Waals surface area contributed by atoms with Gasteiger partial charge in [-0.05, 0) is 64.7 Å². The summed E-state index contributed by atoms with van der Waals surface area (Å²) in [4.78, 5) is 17.1. The number of carbonyl (C=O) groups is 1. The van der Waals surface area contributed by atoms with Gasteiger partial charge in [-0.3, -0.25) is 4.79 Å². The number of likely N-dealkylation sites (tertiary alicyclic amines) is 1. The van der Waals surface area contributed by atoms with Gasteiger partial charge in [0.2, 0.25) is 0 Å². The lowest BCUT2D eigenvalue weighted by molar-refractivity contribution is -0.157. The van der Waals surface area contributed by atoms with E-state index in [1.807, 2.05) is 18.9 Å². The molecular weight excluding hydrogens is 365 g/mol. The molecule has 1 amide bonds. The van der Waals surface area contributed by atoms with Crippen LogP contribution in [-0.4, -0.2) is 85.9 Å². The summed E-state index contributed by atoms with van der Waals surface area (Å²) < 4.78 is 5.64. The molecule has 2 aliphatic heterocycles. The normalized spacial score (nSPS) is 22.4. The average Bonchev–Trinajstić information content (AvgIpc) is 2.56. The van der Waals surface area contributed by atoms with Gasteiger partial charge in [-0.15, -0.1) is 24.8 Å². The molecule has 2 heterocycles. The average molecular weight is 400 g/mol. The molecule has 0 saturated carbocycles. The maximum atomic E-state index is 12.9. The molecule has 1 unspecified atom stereocenters. The van der Waals surface area contributed by atoms with Crippen LogP contribution in [0.5, 0.6) is 0 Å². The van der Waals surface area contributed by atoms with Crippen molar-refractivity contribution in [3.8, 4) is 0 Å². The maximum Gasteiger partial charge on any atom is 0.254 e. The Hall–Kier alpha value is -0.110. The molecule has 25 heavy (non-hydrogen) atoms. The number of rotatable bonds is 6. The number of nitrogens with one attached hydrogen (secondary N) is 1. The lowest BCUT2D eigenvalue weighted by Crippen LogP contribution is -2.55. The number of likely N-dealkylation sites (N-methyl/N-ethyl adjacent to an activating group) is 1. The molecule has 0 aliphatic carbocycles. The molecule has 0 aromatic rings. The zero-order chi connectivity index (χ0) is 16.9. The van der Waals surface area contributed by atoms with Crippen LogP contribution in [0.1, 0.15) is 32.6 Å². The van der Waals surface area contributed by atoms with Gasteiger partial charge in [0.15, 0.2) is 0 Å². The van der Waals surface area contributed by atoms with Crippen molar-refractivity contribution in [2.45, 2.75) is 44.3 Å². The van der Waals surface area contributed by atoms with E-state index in [1.54, 1.807) is 7.11 Å². The fourth-order valence-electron chi connectivity index (χ4n) is 3.88. The van der Waals surface area contributed by atoms with Crippen molar-refractivity contribution < 1.29 is 14.6 Å². The zero-order valence-corrected chi connectivity index (χ0v) is 17.3. The van der Waals surface area contributed by atoms with E-state index in [0.29, 0.717) is 5.92 Å². The highest BCUT2D eigenvalue weighted by molar-refractivity contribution is 5.86. The number of amides is 1. The molecule has 6 nitrogen and oxygen atoms in total. The van der Waals surface area contributed by atoms with Crippen molar-refractivity contribution in [1.82, 2.24) is 15.1 Å². The van der Waals surface area contributed by atoms with Crippen LogP contribution in [0, 0.1) is 5.92 Å². The van der Waals surface area contributed by atoms with Crippen LogP contribution < -0.4 is 5.32 Å². The summed E-state index contributed by atoms with van der Waals surface area (Å²) in [6, 6.07) is 0. The second-order valence-electron chi connectivity index (χ2n) is 7.23. The fraction of sp³-hybridized carbons (Fsp3) is 0.941. The van der Waals surface area contributed by atoms with Crippen LogP contribution in [0.3, 0.4) is 0 Å². The molecule has 2 rings (SSSR count). The van der Waals surface area contributed by atoms with Crippen molar-refractivity contribution in [3.05, 3.63) is 0 Å². The van der Waals surface area contributed by atoms with E-state index >= 15 is 0 Å². The first-order valence-electron chi connectivity index (χ1n) is 8.88. The van der Waals surface area contributed by atoms with Crippen LogP contribution >= 0.6 is 24.8 Å². The van der Waals surface area contributed by atoms with E-state index < -0.39 is 5.60 Å². The maximum absolute atomic E-state index is 12.9. The number of ether oxygens (including phenoxy) is 1. The SMILES string of the molecule is COC1(C(=O)N(C)CC2CCN(CC(C)O)CC2)CCNCC1.Cl.Cl. The van der Waals surface area contributed by atoms with Crippen LogP contribution in [0.15, 0.2) is 0 Å². The first-order valence-corrected chi connectivity index (χ1v) is 8.88. The van der Waals surface area contributed by atoms with Gasteiger partial charge in [0.1, 0.15) is 5.60 Å². The molecule has 2 N–H and O–H groups in total. The second-order valence-corrected chi connectivity index (χ2v) is 7.23. The van der Waals surface area contributed by atoms with Gasteiger partial charge in [0.05, 0.1) is 6.10 Å². The summed E-state index contributed by atoms with van der Waals surface area (Å²) in [5.74, 6) is 0.678. The van der Waals surface area contributed by atoms with Gasteiger partial charge in [-0.25, -0.2) is 0 Å². The summed E-state index contributed by atoms with van der Waals surface area (Å²) in [6.07, 6.45) is 3.41. The molecule has 1 atom stereocenters. The number of β-amino-alcohol motifs (C(OH)–C–C–N with tert-alkyl or cyclic N) is 1. The van der Waals surface area contributed by atoms with Crippen LogP contribution in [-0.2, 0) is 9.53 Å². The van der Waals surface area contributed by atoms with Crippen LogP contribution in [0.2, 0.25) is 0 Å². The number of piperidine rings is 2. The van der Waals surface area contributed by atoms with Crippen LogP contribution in [0.25, 0.3) is 0 Å². The van der Waals surface area contributed by atoms with E-state index in [2.05, 4.69) is 10.2 Å². The van der Waals surface area contributed by atoms with Crippen LogP contribution in [0.4, 0.5) is 0 Å². The van der Waals surface area contributed by atoms with E-state index in [9.17, 15) is 9.90 Å². The summed E-state index contributed by atoms with van der Waals surface area (Å²) in [7, 11) is 3.57. The molecule has 0 bridgehead atoms.